The lowest BCUT2D eigenvalue weighted by Gasteiger charge is -2.15. The first kappa shape index (κ1) is 14.5. The second kappa shape index (κ2) is 4.95. The summed E-state index contributed by atoms with van der Waals surface area (Å²) in [5, 5.41) is 0. The van der Waals surface area contributed by atoms with Gasteiger partial charge in [-0.1, -0.05) is 12.2 Å². The summed E-state index contributed by atoms with van der Waals surface area (Å²) in [6.07, 6.45) is 6.27. The van der Waals surface area contributed by atoms with Crippen LogP contribution in [0.1, 0.15) is 12.8 Å². The molecule has 2 fully saturated rings. The predicted molar refractivity (Wildman–Crippen MR) is 75.8 cm³/mol. The molecule has 120 valence electrons. The Kier molecular flexibility index (Phi) is 2.99. The molecule has 0 bridgehead atoms. The largest absolute Gasteiger partial charge is 0.389 e. The van der Waals surface area contributed by atoms with E-state index in [1.165, 1.54) is 12.2 Å². The van der Waals surface area contributed by atoms with Gasteiger partial charge in [0.15, 0.2) is 5.78 Å². The smallest absolute Gasteiger partial charge is 0.342 e. The summed E-state index contributed by atoms with van der Waals surface area (Å²) in [7, 11) is 0. The van der Waals surface area contributed by atoms with Crippen LogP contribution in [-0.2, 0) is 33.4 Å². The second-order valence-corrected chi connectivity index (χ2v) is 5.84. The molecule has 0 amide bonds. The van der Waals surface area contributed by atoms with Crippen molar-refractivity contribution in [2.45, 2.75) is 12.8 Å². The maximum absolute atomic E-state index is 12.6. The number of hydrogen-bond donors (Lipinski definition) is 0. The van der Waals surface area contributed by atoms with Gasteiger partial charge in [0.25, 0.3) is 0 Å². The van der Waals surface area contributed by atoms with E-state index in [0.717, 1.165) is 0 Å². The van der Waals surface area contributed by atoms with E-state index in [0.29, 0.717) is 0 Å². The third kappa shape index (κ3) is 2.01. The summed E-state index contributed by atoms with van der Waals surface area (Å²) in [4.78, 5) is 58.8. The highest BCUT2D eigenvalue weighted by Crippen LogP contribution is 2.35. The number of fused-ring (bicyclic) bond motifs is 2. The van der Waals surface area contributed by atoms with Gasteiger partial charge in [0.05, 0.1) is 23.0 Å². The molecule has 2 aliphatic carbocycles. The average molecular weight is 326 g/mol. The molecular weight excluding hydrogens is 316 g/mol. The van der Waals surface area contributed by atoms with Crippen LogP contribution in [0.2, 0.25) is 0 Å². The lowest BCUT2D eigenvalue weighted by molar-refractivity contribution is -0.154. The van der Waals surface area contributed by atoms with Gasteiger partial charge in [-0.15, -0.1) is 0 Å². The van der Waals surface area contributed by atoms with Crippen LogP contribution in [0.25, 0.3) is 0 Å². The molecule has 0 N–H and O–H groups in total. The van der Waals surface area contributed by atoms with Gasteiger partial charge >= 0.3 is 23.9 Å². The van der Waals surface area contributed by atoms with Gasteiger partial charge in [-0.25, -0.2) is 9.59 Å². The molecular formula is C17H10O7. The molecule has 7 nitrogen and oxygen atoms in total. The van der Waals surface area contributed by atoms with Crippen molar-refractivity contribution < 1.29 is 33.4 Å². The minimum absolute atomic E-state index is 0.170. The Bertz CT molecular complexity index is 795. The van der Waals surface area contributed by atoms with Crippen molar-refractivity contribution >= 4 is 29.7 Å². The highest BCUT2D eigenvalue weighted by atomic mass is 16.6. The van der Waals surface area contributed by atoms with Gasteiger partial charge in [-0.3, -0.25) is 14.4 Å². The fourth-order valence-electron chi connectivity index (χ4n) is 3.17. The molecule has 0 aromatic rings. The van der Waals surface area contributed by atoms with Crippen molar-refractivity contribution in [1.29, 1.82) is 0 Å². The maximum atomic E-state index is 12.6. The first-order valence-electron chi connectivity index (χ1n) is 7.36. The first-order chi connectivity index (χ1) is 11.5. The lowest BCUT2D eigenvalue weighted by Crippen LogP contribution is -2.17. The third-order valence-electron chi connectivity index (χ3n) is 4.47. The molecule has 0 aromatic heterocycles. The van der Waals surface area contributed by atoms with Crippen LogP contribution in [0.5, 0.6) is 0 Å². The van der Waals surface area contributed by atoms with Crippen molar-refractivity contribution in [3.8, 4) is 0 Å². The number of ketones is 1. The van der Waals surface area contributed by atoms with E-state index < -0.39 is 35.7 Å². The van der Waals surface area contributed by atoms with Gasteiger partial charge in [0.2, 0.25) is 0 Å². The Balaban J connectivity index is 1.62. The van der Waals surface area contributed by atoms with Crippen LogP contribution in [0, 0.1) is 11.8 Å². The Morgan fingerprint density at radius 2 is 1.21 bits per heavy atom. The zero-order chi connectivity index (χ0) is 17.0. The van der Waals surface area contributed by atoms with E-state index in [1.54, 1.807) is 12.2 Å². The SMILES string of the molecule is O=C1OC(=O)C2CC=C(C(=O)C3=CCC4C(=O)OC(=O)C4=C3)C=C12. The summed E-state index contributed by atoms with van der Waals surface area (Å²) in [6.45, 7) is 0. The molecule has 0 radical (unpaired) electrons. The fraction of sp³-hybridized carbons (Fsp3) is 0.235. The normalized spacial score (nSPS) is 28.2. The molecule has 0 spiro atoms. The second-order valence-electron chi connectivity index (χ2n) is 5.84. The van der Waals surface area contributed by atoms with Crippen molar-refractivity contribution in [3.05, 3.63) is 46.6 Å². The minimum Gasteiger partial charge on any atom is -0.389 e. The molecule has 2 unspecified atom stereocenters. The van der Waals surface area contributed by atoms with Gasteiger partial charge in [0.1, 0.15) is 0 Å². The van der Waals surface area contributed by atoms with E-state index in [-0.39, 0.29) is 40.9 Å². The molecule has 7 heteroatoms. The summed E-state index contributed by atoms with van der Waals surface area (Å²) in [5.41, 5.74) is 0.853. The highest BCUT2D eigenvalue weighted by molar-refractivity contribution is 6.17. The van der Waals surface area contributed by atoms with Crippen molar-refractivity contribution in [2.75, 3.05) is 0 Å². The number of rotatable bonds is 2. The topological polar surface area (TPSA) is 104 Å². The lowest BCUT2D eigenvalue weighted by atomic mass is 9.84. The number of allylic oxidation sites excluding steroid dienone is 6. The Hall–Kier alpha value is -3.09. The van der Waals surface area contributed by atoms with E-state index in [9.17, 15) is 24.0 Å². The standard InChI is InChI=1S/C17H10O7/c18-13(7-1-3-9-11(5-7)16(21)23-14(9)19)8-2-4-10-12(6-8)17(22)24-15(10)20/h1-2,5-6,9-10H,3-4H2. The summed E-state index contributed by atoms with van der Waals surface area (Å²) >= 11 is 0. The average Bonchev–Trinajstić information content (AvgIpc) is 3.02. The Morgan fingerprint density at radius 1 is 0.792 bits per heavy atom. The first-order valence-corrected chi connectivity index (χ1v) is 7.36. The number of hydrogen-bond acceptors (Lipinski definition) is 7. The van der Waals surface area contributed by atoms with Crippen LogP contribution in [0.15, 0.2) is 46.6 Å². The van der Waals surface area contributed by atoms with Crippen molar-refractivity contribution in [1.82, 2.24) is 0 Å². The van der Waals surface area contributed by atoms with Gasteiger partial charge < -0.3 is 9.47 Å². The highest BCUT2D eigenvalue weighted by Gasteiger charge is 2.42. The molecule has 4 rings (SSSR count). The van der Waals surface area contributed by atoms with Gasteiger partial charge in [0, 0.05) is 11.1 Å². The van der Waals surface area contributed by atoms with E-state index in [4.69, 9.17) is 0 Å². The number of carbonyl (C=O) groups is 5. The third-order valence-corrected chi connectivity index (χ3v) is 4.47. The van der Waals surface area contributed by atoms with Crippen LogP contribution in [0.3, 0.4) is 0 Å². The van der Waals surface area contributed by atoms with Gasteiger partial charge in [-0.2, -0.15) is 0 Å². The minimum atomic E-state index is -0.732. The van der Waals surface area contributed by atoms with E-state index in [1.807, 2.05) is 0 Å². The summed E-state index contributed by atoms with van der Waals surface area (Å²) in [6, 6.07) is 0. The van der Waals surface area contributed by atoms with Crippen LogP contribution < -0.4 is 0 Å². The molecule has 2 heterocycles. The molecule has 2 aliphatic heterocycles. The van der Waals surface area contributed by atoms with Crippen molar-refractivity contribution in [3.63, 3.8) is 0 Å². The molecule has 0 saturated carbocycles. The zero-order valence-corrected chi connectivity index (χ0v) is 12.2. The predicted octanol–water partition coefficient (Wildman–Crippen LogP) is 0.468. The Morgan fingerprint density at radius 3 is 1.62 bits per heavy atom. The zero-order valence-electron chi connectivity index (χ0n) is 12.2. The monoisotopic (exact) mass is 326 g/mol. The number of esters is 4. The van der Waals surface area contributed by atoms with Crippen LogP contribution in [0.4, 0.5) is 0 Å². The number of Topliss-reactive ketones (excluding diaryl/α,β-unsaturated/α-hetero) is 1. The van der Waals surface area contributed by atoms with E-state index in [2.05, 4.69) is 9.47 Å². The number of carbonyl (C=O) groups excluding carboxylic acids is 5. The van der Waals surface area contributed by atoms with Gasteiger partial charge in [-0.05, 0) is 25.0 Å². The number of ether oxygens (including phenoxy) is 2. The van der Waals surface area contributed by atoms with Crippen LogP contribution >= 0.6 is 0 Å². The van der Waals surface area contributed by atoms with Crippen molar-refractivity contribution in [2.24, 2.45) is 11.8 Å². The molecule has 2 saturated heterocycles. The summed E-state index contributed by atoms with van der Waals surface area (Å²) in [5.74, 6) is -4.37. The molecule has 24 heavy (non-hydrogen) atoms. The Labute approximate surface area is 135 Å². The summed E-state index contributed by atoms with van der Waals surface area (Å²) < 4.78 is 9.10. The molecule has 2 atom stereocenters. The van der Waals surface area contributed by atoms with Crippen LogP contribution in [-0.4, -0.2) is 29.7 Å². The fourth-order valence-corrected chi connectivity index (χ4v) is 3.17. The molecule has 4 aliphatic rings. The maximum Gasteiger partial charge on any atom is 0.342 e. The van der Waals surface area contributed by atoms with E-state index >= 15 is 0 Å². The quantitative estimate of drug-likeness (QED) is 0.536. The molecule has 0 aromatic carbocycles. The number of cyclic esters (lactones) is 4.